The number of aryl methyl sites for hydroxylation is 1. The van der Waals surface area contributed by atoms with E-state index >= 15 is 0 Å². The summed E-state index contributed by atoms with van der Waals surface area (Å²) >= 11 is 0. The molecule has 3 N–H and O–H groups in total. The predicted octanol–water partition coefficient (Wildman–Crippen LogP) is 2.60. The molecular weight excluding hydrogens is 380 g/mol. The van der Waals surface area contributed by atoms with Crippen LogP contribution in [-0.2, 0) is 14.3 Å². The lowest BCUT2D eigenvalue weighted by Crippen LogP contribution is -2.42. The van der Waals surface area contributed by atoms with E-state index in [-0.39, 0.29) is 5.69 Å². The van der Waals surface area contributed by atoms with E-state index < -0.39 is 35.5 Å². The van der Waals surface area contributed by atoms with Gasteiger partial charge in [0.25, 0.3) is 11.6 Å². The van der Waals surface area contributed by atoms with Gasteiger partial charge >= 0.3 is 12.0 Å². The lowest BCUT2D eigenvalue weighted by atomic mass is 10.2. The van der Waals surface area contributed by atoms with Gasteiger partial charge in [0.2, 0.25) is 0 Å². The monoisotopic (exact) mass is 400 g/mol. The molecule has 0 aromatic heterocycles. The van der Waals surface area contributed by atoms with E-state index in [0.29, 0.717) is 16.9 Å². The van der Waals surface area contributed by atoms with E-state index in [0.717, 1.165) is 0 Å². The number of ether oxygens (including phenoxy) is 1. The van der Waals surface area contributed by atoms with Crippen LogP contribution in [0.25, 0.3) is 0 Å². The maximum Gasteiger partial charge on any atom is 0.328 e. The molecule has 10 nitrogen and oxygen atoms in total. The standard InChI is InChI=1S/C19H20N4O6/c1-12-10-15(23(27)28)8-9-16(12)22-17(24)11-29-18(25)13(2)20-19(26)21-14-6-4-3-5-7-14/h3-10,13H,11H2,1-2H3,(H,22,24)(H2,20,21,26)/t13-/m0/s1. The van der Waals surface area contributed by atoms with Crippen LogP contribution in [0.4, 0.5) is 21.9 Å². The summed E-state index contributed by atoms with van der Waals surface area (Å²) in [7, 11) is 0. The van der Waals surface area contributed by atoms with Crippen LogP contribution in [0.2, 0.25) is 0 Å². The molecule has 3 amide bonds. The first kappa shape index (κ1) is 21.4. The van der Waals surface area contributed by atoms with E-state index in [2.05, 4.69) is 16.0 Å². The van der Waals surface area contributed by atoms with Gasteiger partial charge in [0, 0.05) is 23.5 Å². The second-order valence-electron chi connectivity index (χ2n) is 6.10. The van der Waals surface area contributed by atoms with Crippen molar-refractivity contribution >= 4 is 35.0 Å². The van der Waals surface area contributed by atoms with Gasteiger partial charge in [-0.15, -0.1) is 0 Å². The van der Waals surface area contributed by atoms with Gasteiger partial charge in [0.15, 0.2) is 6.61 Å². The van der Waals surface area contributed by atoms with Crippen molar-refractivity contribution in [2.24, 2.45) is 0 Å². The van der Waals surface area contributed by atoms with E-state index in [1.807, 2.05) is 0 Å². The predicted molar refractivity (Wildman–Crippen MR) is 105 cm³/mol. The molecule has 152 valence electrons. The number of hydrogen-bond acceptors (Lipinski definition) is 6. The number of carbonyl (C=O) groups is 3. The third-order valence-electron chi connectivity index (χ3n) is 3.77. The smallest absolute Gasteiger partial charge is 0.328 e. The summed E-state index contributed by atoms with van der Waals surface area (Å²) in [5.74, 6) is -1.40. The minimum atomic E-state index is -0.979. The van der Waals surface area contributed by atoms with Gasteiger partial charge in [-0.05, 0) is 37.6 Å². The number of nitro groups is 1. The van der Waals surface area contributed by atoms with Crippen LogP contribution in [0, 0.1) is 17.0 Å². The normalized spacial score (nSPS) is 11.1. The Hall–Kier alpha value is -3.95. The fourth-order valence-corrected chi connectivity index (χ4v) is 2.29. The summed E-state index contributed by atoms with van der Waals surface area (Å²) < 4.78 is 4.89. The number of nitrogens with one attached hydrogen (secondary N) is 3. The third kappa shape index (κ3) is 6.61. The number of anilines is 2. The fraction of sp³-hybridized carbons (Fsp3) is 0.211. The Kier molecular flexibility index (Phi) is 7.24. The highest BCUT2D eigenvalue weighted by molar-refractivity contribution is 5.95. The second-order valence-corrected chi connectivity index (χ2v) is 6.10. The van der Waals surface area contributed by atoms with E-state index in [1.165, 1.54) is 25.1 Å². The number of rotatable bonds is 7. The van der Waals surface area contributed by atoms with Gasteiger partial charge in [0.1, 0.15) is 6.04 Å². The molecule has 0 spiro atoms. The molecule has 0 radical (unpaired) electrons. The topological polar surface area (TPSA) is 140 Å². The minimum Gasteiger partial charge on any atom is -0.454 e. The number of hydrogen-bond donors (Lipinski definition) is 3. The zero-order valence-corrected chi connectivity index (χ0v) is 15.8. The highest BCUT2D eigenvalue weighted by Crippen LogP contribution is 2.21. The number of non-ortho nitro benzene ring substituents is 1. The maximum atomic E-state index is 12.0. The van der Waals surface area contributed by atoms with Crippen LogP contribution >= 0.6 is 0 Å². The molecular formula is C19H20N4O6. The Morgan fingerprint density at radius 2 is 1.79 bits per heavy atom. The number of nitro benzene ring substituents is 1. The van der Waals surface area contributed by atoms with Crippen LogP contribution in [0.3, 0.4) is 0 Å². The molecule has 0 saturated carbocycles. The minimum absolute atomic E-state index is 0.0967. The SMILES string of the molecule is Cc1cc([N+](=O)[O-])ccc1NC(=O)COC(=O)[C@H](C)NC(=O)Nc1ccccc1. The van der Waals surface area contributed by atoms with Gasteiger partial charge in [0.05, 0.1) is 4.92 Å². The van der Waals surface area contributed by atoms with Crippen molar-refractivity contribution in [2.75, 3.05) is 17.2 Å². The summed E-state index contributed by atoms with van der Waals surface area (Å²) in [5.41, 5.74) is 1.32. The zero-order chi connectivity index (χ0) is 21.4. The average molecular weight is 400 g/mol. The highest BCUT2D eigenvalue weighted by atomic mass is 16.6. The van der Waals surface area contributed by atoms with Gasteiger partial charge in [-0.1, -0.05) is 18.2 Å². The summed E-state index contributed by atoms with van der Waals surface area (Å²) in [4.78, 5) is 46.0. The second kappa shape index (κ2) is 9.83. The lowest BCUT2D eigenvalue weighted by Gasteiger charge is -2.14. The Morgan fingerprint density at radius 1 is 1.10 bits per heavy atom. The van der Waals surface area contributed by atoms with Crippen LogP contribution in [-0.4, -0.2) is 35.5 Å². The van der Waals surface area contributed by atoms with Gasteiger partial charge in [-0.25, -0.2) is 9.59 Å². The van der Waals surface area contributed by atoms with E-state index in [9.17, 15) is 24.5 Å². The third-order valence-corrected chi connectivity index (χ3v) is 3.77. The number of carbonyl (C=O) groups excluding carboxylic acids is 3. The molecule has 0 unspecified atom stereocenters. The van der Waals surface area contributed by atoms with Crippen molar-refractivity contribution in [2.45, 2.75) is 19.9 Å². The number of amides is 3. The quantitative estimate of drug-likeness (QED) is 0.371. The molecule has 29 heavy (non-hydrogen) atoms. The van der Waals surface area contributed by atoms with Crippen LogP contribution in [0.15, 0.2) is 48.5 Å². The molecule has 10 heteroatoms. The number of nitrogens with zero attached hydrogens (tertiary/aromatic N) is 1. The molecule has 0 fully saturated rings. The molecule has 1 atom stereocenters. The Labute approximate surface area is 166 Å². The van der Waals surface area contributed by atoms with Crippen molar-refractivity contribution < 1.29 is 24.0 Å². The summed E-state index contributed by atoms with van der Waals surface area (Å²) in [6.45, 7) is 2.46. The van der Waals surface area contributed by atoms with E-state index in [1.54, 1.807) is 37.3 Å². The van der Waals surface area contributed by atoms with E-state index in [4.69, 9.17) is 4.74 Å². The molecule has 0 saturated heterocycles. The largest absolute Gasteiger partial charge is 0.454 e. The number of urea groups is 1. The van der Waals surface area contributed by atoms with Crippen molar-refractivity contribution in [3.8, 4) is 0 Å². The van der Waals surface area contributed by atoms with Crippen molar-refractivity contribution in [3.05, 3.63) is 64.2 Å². The molecule has 0 aliphatic rings. The molecule has 0 aliphatic heterocycles. The average Bonchev–Trinajstić information content (AvgIpc) is 2.68. The maximum absolute atomic E-state index is 12.0. The zero-order valence-electron chi connectivity index (χ0n) is 15.8. The Balaban J connectivity index is 1.79. The first-order valence-electron chi connectivity index (χ1n) is 8.60. The van der Waals surface area contributed by atoms with Gasteiger partial charge < -0.3 is 20.7 Å². The number of para-hydroxylation sites is 1. The summed E-state index contributed by atoms with van der Waals surface area (Å²) in [6, 6.07) is 11.1. The lowest BCUT2D eigenvalue weighted by molar-refractivity contribution is -0.384. The van der Waals surface area contributed by atoms with Crippen molar-refractivity contribution in [1.29, 1.82) is 0 Å². The fourth-order valence-electron chi connectivity index (χ4n) is 2.29. The first-order valence-corrected chi connectivity index (χ1v) is 8.60. The van der Waals surface area contributed by atoms with Crippen molar-refractivity contribution in [3.63, 3.8) is 0 Å². The molecule has 0 aliphatic carbocycles. The van der Waals surface area contributed by atoms with Gasteiger partial charge in [-0.2, -0.15) is 0 Å². The Bertz CT molecular complexity index is 916. The van der Waals surface area contributed by atoms with Crippen molar-refractivity contribution in [1.82, 2.24) is 5.32 Å². The van der Waals surface area contributed by atoms with Crippen LogP contribution < -0.4 is 16.0 Å². The number of esters is 1. The molecule has 2 aromatic rings. The van der Waals surface area contributed by atoms with Crippen LogP contribution in [0.1, 0.15) is 12.5 Å². The van der Waals surface area contributed by atoms with Gasteiger partial charge in [-0.3, -0.25) is 14.9 Å². The highest BCUT2D eigenvalue weighted by Gasteiger charge is 2.19. The Morgan fingerprint density at radius 3 is 2.41 bits per heavy atom. The molecule has 2 rings (SSSR count). The molecule has 2 aromatic carbocycles. The molecule has 0 bridgehead atoms. The summed E-state index contributed by atoms with van der Waals surface area (Å²) in [6.07, 6.45) is 0. The summed E-state index contributed by atoms with van der Waals surface area (Å²) in [5, 5.41) is 18.2. The van der Waals surface area contributed by atoms with Crippen LogP contribution in [0.5, 0.6) is 0 Å². The number of benzene rings is 2. The molecule has 0 heterocycles. The first-order chi connectivity index (χ1) is 13.8.